The number of aryl methyl sites for hydroxylation is 1. The third-order valence-electron chi connectivity index (χ3n) is 5.31. The Labute approximate surface area is 161 Å². The maximum atomic E-state index is 11.6. The lowest BCUT2D eigenvalue weighted by molar-refractivity contribution is 0.101. The van der Waals surface area contributed by atoms with Gasteiger partial charge in [0, 0.05) is 5.56 Å². The highest BCUT2D eigenvalue weighted by Gasteiger charge is 2.14. The summed E-state index contributed by atoms with van der Waals surface area (Å²) in [5.74, 6) is 0.118. The topological polar surface area (TPSA) is 17.1 Å². The second kappa shape index (κ2) is 7.36. The number of carbonyl (C=O) groups is 1. The minimum absolute atomic E-state index is 0.118. The van der Waals surface area contributed by atoms with E-state index < -0.39 is 0 Å². The summed E-state index contributed by atoms with van der Waals surface area (Å²) in [5.41, 5.74) is 10.2. The molecule has 134 valence electrons. The third-order valence-corrected chi connectivity index (χ3v) is 5.31. The van der Waals surface area contributed by atoms with Crippen molar-refractivity contribution in [3.8, 4) is 0 Å². The number of rotatable bonds is 5. The van der Waals surface area contributed by atoms with Gasteiger partial charge in [-0.05, 0) is 72.6 Å². The summed E-state index contributed by atoms with van der Waals surface area (Å²) in [5, 5.41) is 0. The quantitative estimate of drug-likeness (QED) is 0.517. The molecule has 0 bridgehead atoms. The smallest absolute Gasteiger partial charge is 0.159 e. The molecule has 0 atom stereocenters. The maximum absolute atomic E-state index is 11.6. The summed E-state index contributed by atoms with van der Waals surface area (Å²) < 4.78 is 0. The highest BCUT2D eigenvalue weighted by Crippen LogP contribution is 2.31. The van der Waals surface area contributed by atoms with Crippen molar-refractivity contribution < 1.29 is 4.79 Å². The van der Waals surface area contributed by atoms with Crippen molar-refractivity contribution in [2.45, 2.75) is 33.1 Å². The Morgan fingerprint density at radius 2 is 1.56 bits per heavy atom. The van der Waals surface area contributed by atoms with E-state index in [4.69, 9.17) is 0 Å². The van der Waals surface area contributed by atoms with E-state index in [9.17, 15) is 4.79 Å². The van der Waals surface area contributed by atoms with Crippen LogP contribution in [0.2, 0.25) is 0 Å². The van der Waals surface area contributed by atoms with Crippen LogP contribution in [0.4, 0.5) is 0 Å². The Morgan fingerprint density at radius 1 is 0.852 bits per heavy atom. The second-order valence-corrected chi connectivity index (χ2v) is 7.52. The van der Waals surface area contributed by atoms with Crippen molar-refractivity contribution in [1.29, 1.82) is 0 Å². The summed E-state index contributed by atoms with van der Waals surface area (Å²) >= 11 is 0. The van der Waals surface area contributed by atoms with E-state index in [1.807, 2.05) is 18.2 Å². The molecule has 0 amide bonds. The Morgan fingerprint density at radius 3 is 2.33 bits per heavy atom. The van der Waals surface area contributed by atoms with Crippen LogP contribution in [0.5, 0.6) is 0 Å². The average molecular weight is 352 g/mol. The molecular weight excluding hydrogens is 328 g/mol. The van der Waals surface area contributed by atoms with E-state index in [2.05, 4.69) is 61.5 Å². The molecule has 0 radical (unpaired) electrons. The maximum Gasteiger partial charge on any atom is 0.159 e. The van der Waals surface area contributed by atoms with Crippen LogP contribution in [0.3, 0.4) is 0 Å². The Hall–Kier alpha value is -2.93. The zero-order valence-corrected chi connectivity index (χ0v) is 16.0. The minimum Gasteiger partial charge on any atom is -0.295 e. The normalized spacial score (nSPS) is 12.6. The lowest BCUT2D eigenvalue weighted by Crippen LogP contribution is -1.96. The van der Waals surface area contributed by atoms with Gasteiger partial charge < -0.3 is 0 Å². The third kappa shape index (κ3) is 3.93. The molecule has 0 fully saturated rings. The first-order valence-electron chi connectivity index (χ1n) is 9.55. The van der Waals surface area contributed by atoms with Crippen LogP contribution in [0.25, 0.3) is 5.57 Å². The summed E-state index contributed by atoms with van der Waals surface area (Å²) in [4.78, 5) is 11.6. The van der Waals surface area contributed by atoms with Gasteiger partial charge in [-0.15, -0.1) is 0 Å². The summed E-state index contributed by atoms with van der Waals surface area (Å²) in [6.07, 6.45) is 5.23. The van der Waals surface area contributed by atoms with Crippen LogP contribution in [0, 0.1) is 6.92 Å². The predicted octanol–water partition coefficient (Wildman–Crippen LogP) is 5.97. The average Bonchev–Trinajstić information content (AvgIpc) is 3.04. The molecule has 0 saturated carbocycles. The largest absolute Gasteiger partial charge is 0.295 e. The first-order valence-corrected chi connectivity index (χ1v) is 9.55. The lowest BCUT2D eigenvalue weighted by atomic mass is 9.95. The summed E-state index contributed by atoms with van der Waals surface area (Å²) in [6.45, 7) is 3.78. The van der Waals surface area contributed by atoms with Gasteiger partial charge in [0.05, 0.1) is 0 Å². The van der Waals surface area contributed by atoms with Crippen molar-refractivity contribution in [3.63, 3.8) is 0 Å². The van der Waals surface area contributed by atoms with Gasteiger partial charge in [-0.2, -0.15) is 0 Å². The lowest BCUT2D eigenvalue weighted by Gasteiger charge is -2.10. The van der Waals surface area contributed by atoms with Gasteiger partial charge in [-0.1, -0.05) is 72.3 Å². The molecule has 0 spiro atoms. The fourth-order valence-electron chi connectivity index (χ4n) is 3.88. The zero-order chi connectivity index (χ0) is 18.8. The highest BCUT2D eigenvalue weighted by molar-refractivity contribution is 5.94. The van der Waals surface area contributed by atoms with Crippen LogP contribution in [-0.2, 0) is 19.3 Å². The van der Waals surface area contributed by atoms with Crippen molar-refractivity contribution >= 4 is 11.4 Å². The van der Waals surface area contributed by atoms with Crippen LogP contribution >= 0.6 is 0 Å². The van der Waals surface area contributed by atoms with Gasteiger partial charge in [-0.3, -0.25) is 4.79 Å². The number of benzene rings is 3. The molecule has 0 heterocycles. The molecule has 4 rings (SSSR count). The molecule has 0 unspecified atom stereocenters. The molecule has 0 aromatic heterocycles. The predicted molar refractivity (Wildman–Crippen MR) is 112 cm³/mol. The number of carbonyl (C=O) groups excluding carboxylic acids is 1. The van der Waals surface area contributed by atoms with Crippen LogP contribution in [-0.4, -0.2) is 5.78 Å². The van der Waals surface area contributed by atoms with E-state index in [1.165, 1.54) is 39.0 Å². The molecule has 3 aromatic rings. The SMILES string of the molecule is CC(=O)c1cccc(Cc2cccc(CC3=CCc4ccc(C)cc43)c2)c1. The number of hydrogen-bond donors (Lipinski definition) is 0. The van der Waals surface area contributed by atoms with Gasteiger partial charge in [0.2, 0.25) is 0 Å². The van der Waals surface area contributed by atoms with Gasteiger partial charge in [-0.25, -0.2) is 0 Å². The Balaban J connectivity index is 1.53. The molecule has 0 aliphatic heterocycles. The van der Waals surface area contributed by atoms with E-state index in [0.717, 1.165) is 24.8 Å². The zero-order valence-electron chi connectivity index (χ0n) is 16.0. The van der Waals surface area contributed by atoms with E-state index in [-0.39, 0.29) is 5.78 Å². The Bertz CT molecular complexity index is 1040. The van der Waals surface area contributed by atoms with E-state index in [1.54, 1.807) is 6.92 Å². The van der Waals surface area contributed by atoms with Crippen molar-refractivity contribution in [2.24, 2.45) is 0 Å². The molecule has 1 nitrogen and oxygen atoms in total. The number of allylic oxidation sites excluding steroid dienone is 2. The van der Waals surface area contributed by atoms with Crippen molar-refractivity contribution in [1.82, 2.24) is 0 Å². The van der Waals surface area contributed by atoms with Crippen LogP contribution in [0.1, 0.15) is 50.7 Å². The molecule has 1 heteroatoms. The fraction of sp³-hybridized carbons (Fsp3) is 0.192. The standard InChI is InChI=1S/C26H24O/c1-18-9-10-23-11-12-25(26(23)13-18)17-22-6-3-5-20(15-22)14-21-7-4-8-24(16-21)19(2)27/h3-10,12-13,15-16H,11,14,17H2,1-2H3. The van der Waals surface area contributed by atoms with Crippen LogP contribution < -0.4 is 0 Å². The summed E-state index contributed by atoms with van der Waals surface area (Å²) in [6, 6.07) is 23.6. The number of ketones is 1. The minimum atomic E-state index is 0.118. The molecule has 3 aromatic carbocycles. The summed E-state index contributed by atoms with van der Waals surface area (Å²) in [7, 11) is 0. The number of Topliss-reactive ketones (excluding diaryl/α,β-unsaturated/α-hetero) is 1. The molecular formula is C26H24O. The molecule has 0 N–H and O–H groups in total. The number of hydrogen-bond acceptors (Lipinski definition) is 1. The first-order chi connectivity index (χ1) is 13.1. The first kappa shape index (κ1) is 17.5. The highest BCUT2D eigenvalue weighted by atomic mass is 16.1. The molecule has 0 saturated heterocycles. The fourth-order valence-corrected chi connectivity index (χ4v) is 3.88. The van der Waals surface area contributed by atoms with E-state index in [0.29, 0.717) is 0 Å². The molecule has 1 aliphatic rings. The van der Waals surface area contributed by atoms with Gasteiger partial charge >= 0.3 is 0 Å². The second-order valence-electron chi connectivity index (χ2n) is 7.52. The Kier molecular flexibility index (Phi) is 4.77. The van der Waals surface area contributed by atoms with Crippen molar-refractivity contribution in [3.05, 3.63) is 112 Å². The number of fused-ring (bicyclic) bond motifs is 1. The molecule has 27 heavy (non-hydrogen) atoms. The van der Waals surface area contributed by atoms with Gasteiger partial charge in [0.1, 0.15) is 0 Å². The van der Waals surface area contributed by atoms with E-state index >= 15 is 0 Å². The van der Waals surface area contributed by atoms with Gasteiger partial charge in [0.15, 0.2) is 5.78 Å². The van der Waals surface area contributed by atoms with Crippen molar-refractivity contribution in [2.75, 3.05) is 0 Å². The van der Waals surface area contributed by atoms with Crippen LogP contribution in [0.15, 0.2) is 72.8 Å². The van der Waals surface area contributed by atoms with Gasteiger partial charge in [0.25, 0.3) is 0 Å². The monoisotopic (exact) mass is 352 g/mol. The molecule has 1 aliphatic carbocycles.